The van der Waals surface area contributed by atoms with E-state index < -0.39 is 0 Å². The maximum absolute atomic E-state index is 11.2. The highest BCUT2D eigenvalue weighted by Crippen LogP contribution is 2.07. The van der Waals surface area contributed by atoms with Crippen LogP contribution in [0.4, 0.5) is 0 Å². The van der Waals surface area contributed by atoms with Gasteiger partial charge in [0.05, 0.1) is 0 Å². The van der Waals surface area contributed by atoms with Crippen molar-refractivity contribution in [3.8, 4) is 0 Å². The number of benzene rings is 1. The Kier molecular flexibility index (Phi) is 3.03. The summed E-state index contributed by atoms with van der Waals surface area (Å²) in [7, 11) is 0. The van der Waals surface area contributed by atoms with Gasteiger partial charge in [0.2, 0.25) is 0 Å². The van der Waals surface area contributed by atoms with Gasteiger partial charge in [-0.2, -0.15) is 0 Å². The summed E-state index contributed by atoms with van der Waals surface area (Å²) in [6.45, 7) is 3.85. The topological polar surface area (TPSA) is 17.1 Å². The fraction of sp³-hybridized carbons (Fsp3) is 0.273. The summed E-state index contributed by atoms with van der Waals surface area (Å²) in [4.78, 5) is 11.2. The minimum absolute atomic E-state index is 0.102. The van der Waals surface area contributed by atoms with Gasteiger partial charge in [0.25, 0.3) is 0 Å². The predicted molar refractivity (Wildman–Crippen MR) is 50.1 cm³/mol. The van der Waals surface area contributed by atoms with Crippen LogP contribution in [0.3, 0.4) is 0 Å². The van der Waals surface area contributed by atoms with E-state index in [2.05, 4.69) is 6.92 Å². The molecule has 0 spiro atoms. The Morgan fingerprint density at radius 1 is 1.50 bits per heavy atom. The molecule has 0 aliphatic heterocycles. The lowest BCUT2D eigenvalue weighted by molar-refractivity contribution is 0.103. The third-order valence-electron chi connectivity index (χ3n) is 1.88. The second-order valence-electron chi connectivity index (χ2n) is 2.71. The van der Waals surface area contributed by atoms with Crippen molar-refractivity contribution >= 4 is 5.78 Å². The number of hydrogen-bond donors (Lipinski definition) is 0. The molecule has 1 aromatic rings. The van der Waals surface area contributed by atoms with E-state index >= 15 is 0 Å². The largest absolute Gasteiger partial charge is 0.294 e. The maximum atomic E-state index is 11.2. The molecule has 0 aromatic heterocycles. The second-order valence-corrected chi connectivity index (χ2v) is 2.71. The van der Waals surface area contributed by atoms with Crippen LogP contribution in [0.5, 0.6) is 0 Å². The van der Waals surface area contributed by atoms with Gasteiger partial charge >= 0.3 is 0 Å². The lowest BCUT2D eigenvalue weighted by atomic mass is 10.0. The number of Topliss-reactive ketones (excluding diaryl/α,β-unsaturated/α-hetero) is 1. The van der Waals surface area contributed by atoms with Crippen LogP contribution in [-0.4, -0.2) is 5.78 Å². The first-order chi connectivity index (χ1) is 5.77. The molecule has 0 saturated heterocycles. The first kappa shape index (κ1) is 8.98. The van der Waals surface area contributed by atoms with E-state index in [0.29, 0.717) is 0 Å². The molecule has 12 heavy (non-hydrogen) atoms. The van der Waals surface area contributed by atoms with Crippen LogP contribution >= 0.6 is 0 Å². The minimum atomic E-state index is 0.102. The summed E-state index contributed by atoms with van der Waals surface area (Å²) in [6, 6.07) is 7.76. The summed E-state index contributed by atoms with van der Waals surface area (Å²) in [5.74, 6) is 0.102. The highest BCUT2D eigenvalue weighted by atomic mass is 16.1. The van der Waals surface area contributed by atoms with E-state index in [1.807, 2.05) is 24.3 Å². The maximum Gasteiger partial charge on any atom is 0.166 e. The zero-order chi connectivity index (χ0) is 8.97. The lowest BCUT2D eigenvalue weighted by Gasteiger charge is -1.99. The molecular formula is C11H13O. The standard InChI is InChI=1S/C11H13O/c1-3-9-6-5-7-10(8-9)11(12)4-2/h4-8H,3H2,1-2H3. The van der Waals surface area contributed by atoms with Gasteiger partial charge in [0.15, 0.2) is 5.78 Å². The van der Waals surface area contributed by atoms with Gasteiger partial charge in [0.1, 0.15) is 0 Å². The van der Waals surface area contributed by atoms with Crippen LogP contribution in [-0.2, 0) is 6.42 Å². The molecule has 1 rings (SSSR count). The Morgan fingerprint density at radius 3 is 2.83 bits per heavy atom. The second kappa shape index (κ2) is 4.05. The van der Waals surface area contributed by atoms with Crippen LogP contribution in [0.25, 0.3) is 0 Å². The molecule has 0 unspecified atom stereocenters. The molecule has 1 heteroatoms. The first-order valence-corrected chi connectivity index (χ1v) is 4.20. The molecule has 0 N–H and O–H groups in total. The molecule has 0 bridgehead atoms. The SMILES string of the molecule is C[CH]C(=O)c1cccc(CC)c1. The fourth-order valence-corrected chi connectivity index (χ4v) is 1.11. The fourth-order valence-electron chi connectivity index (χ4n) is 1.11. The minimum Gasteiger partial charge on any atom is -0.294 e. The number of hydrogen-bond acceptors (Lipinski definition) is 1. The number of carbonyl (C=O) groups excluding carboxylic acids is 1. The van der Waals surface area contributed by atoms with E-state index in [0.717, 1.165) is 12.0 Å². The molecule has 0 aliphatic rings. The van der Waals surface area contributed by atoms with Crippen molar-refractivity contribution in [2.45, 2.75) is 20.3 Å². The summed E-state index contributed by atoms with van der Waals surface area (Å²) >= 11 is 0. The highest BCUT2D eigenvalue weighted by Gasteiger charge is 2.02. The molecule has 0 aliphatic carbocycles. The van der Waals surface area contributed by atoms with Crippen molar-refractivity contribution in [1.82, 2.24) is 0 Å². The van der Waals surface area contributed by atoms with Crippen LogP contribution in [0, 0.1) is 6.42 Å². The lowest BCUT2D eigenvalue weighted by Crippen LogP contribution is -1.97. The zero-order valence-corrected chi connectivity index (χ0v) is 7.50. The van der Waals surface area contributed by atoms with Crippen molar-refractivity contribution < 1.29 is 4.79 Å². The van der Waals surface area contributed by atoms with Crippen molar-refractivity contribution in [1.29, 1.82) is 0 Å². The van der Waals surface area contributed by atoms with Crippen LogP contribution in [0.15, 0.2) is 24.3 Å². The normalized spacial score (nSPS) is 9.83. The molecule has 0 atom stereocenters. The summed E-state index contributed by atoms with van der Waals surface area (Å²) in [6.07, 6.45) is 2.57. The number of aryl methyl sites for hydroxylation is 1. The molecule has 0 amide bonds. The average Bonchev–Trinajstić information content (AvgIpc) is 2.17. The Morgan fingerprint density at radius 2 is 2.25 bits per heavy atom. The Balaban J connectivity index is 2.93. The zero-order valence-electron chi connectivity index (χ0n) is 7.50. The van der Waals surface area contributed by atoms with Gasteiger partial charge in [-0.05, 0) is 18.1 Å². The van der Waals surface area contributed by atoms with Gasteiger partial charge in [-0.25, -0.2) is 0 Å². The van der Waals surface area contributed by atoms with Crippen LogP contribution < -0.4 is 0 Å². The van der Waals surface area contributed by atoms with E-state index in [9.17, 15) is 4.79 Å². The van der Waals surface area contributed by atoms with Crippen LogP contribution in [0.2, 0.25) is 0 Å². The van der Waals surface area contributed by atoms with E-state index in [1.54, 1.807) is 13.3 Å². The van der Waals surface area contributed by atoms with E-state index in [4.69, 9.17) is 0 Å². The third kappa shape index (κ3) is 1.94. The quantitative estimate of drug-likeness (QED) is 0.623. The average molecular weight is 161 g/mol. The molecule has 1 nitrogen and oxygen atoms in total. The number of ketones is 1. The van der Waals surface area contributed by atoms with Gasteiger partial charge < -0.3 is 0 Å². The van der Waals surface area contributed by atoms with Gasteiger partial charge in [-0.15, -0.1) is 0 Å². The van der Waals surface area contributed by atoms with Gasteiger partial charge in [0, 0.05) is 12.0 Å². The highest BCUT2D eigenvalue weighted by molar-refractivity contribution is 6.02. The molecule has 1 radical (unpaired) electrons. The predicted octanol–water partition coefficient (Wildman–Crippen LogP) is 2.66. The number of rotatable bonds is 3. The molecule has 63 valence electrons. The van der Waals surface area contributed by atoms with Crippen molar-refractivity contribution in [3.63, 3.8) is 0 Å². The third-order valence-corrected chi connectivity index (χ3v) is 1.88. The van der Waals surface area contributed by atoms with Crippen molar-refractivity contribution in [3.05, 3.63) is 41.8 Å². The summed E-state index contributed by atoms with van der Waals surface area (Å²) < 4.78 is 0. The first-order valence-electron chi connectivity index (χ1n) is 4.20. The number of carbonyl (C=O) groups is 1. The van der Waals surface area contributed by atoms with Crippen molar-refractivity contribution in [2.24, 2.45) is 0 Å². The molecule has 1 aromatic carbocycles. The smallest absolute Gasteiger partial charge is 0.166 e. The summed E-state index contributed by atoms with van der Waals surface area (Å²) in [5.41, 5.74) is 2.00. The Labute approximate surface area is 73.4 Å². The Bertz CT molecular complexity index is 276. The molecule has 0 saturated carbocycles. The summed E-state index contributed by atoms with van der Waals surface area (Å²) in [5, 5.41) is 0. The monoisotopic (exact) mass is 161 g/mol. The van der Waals surface area contributed by atoms with Gasteiger partial charge in [-0.3, -0.25) is 4.79 Å². The van der Waals surface area contributed by atoms with Gasteiger partial charge in [-0.1, -0.05) is 32.0 Å². The molecule has 0 heterocycles. The van der Waals surface area contributed by atoms with Crippen LogP contribution in [0.1, 0.15) is 29.8 Å². The Hall–Kier alpha value is -1.11. The van der Waals surface area contributed by atoms with Crippen molar-refractivity contribution in [2.75, 3.05) is 0 Å². The molecule has 0 fully saturated rings. The van der Waals surface area contributed by atoms with E-state index in [-0.39, 0.29) is 5.78 Å². The van der Waals surface area contributed by atoms with E-state index in [1.165, 1.54) is 5.56 Å². The molecular weight excluding hydrogens is 148 g/mol.